The molecular weight excluding hydrogens is 184 g/mol. The fourth-order valence-corrected chi connectivity index (χ4v) is 3.02. The average molecular weight is 206 g/mol. The molecule has 0 aromatic rings. The molecule has 0 aromatic heterocycles. The molecule has 84 valence electrons. The van der Waals surface area contributed by atoms with E-state index >= 15 is 0 Å². The van der Waals surface area contributed by atoms with E-state index in [1.165, 1.54) is 12.8 Å². The molecule has 1 atom stereocenters. The van der Waals surface area contributed by atoms with Crippen molar-refractivity contribution < 1.29 is 0 Å². The lowest BCUT2D eigenvalue weighted by Gasteiger charge is -2.37. The summed E-state index contributed by atoms with van der Waals surface area (Å²) in [4.78, 5) is 5.03. The first-order valence-corrected chi connectivity index (χ1v) is 5.83. The van der Waals surface area contributed by atoms with Crippen LogP contribution >= 0.6 is 0 Å². The summed E-state index contributed by atoms with van der Waals surface area (Å²) in [7, 11) is 4.51. The molecule has 15 heavy (non-hydrogen) atoms. The first kappa shape index (κ1) is 10.9. The van der Waals surface area contributed by atoms with Crippen LogP contribution in [0.1, 0.15) is 26.7 Å². The summed E-state index contributed by atoms with van der Waals surface area (Å²) < 4.78 is 0. The van der Waals surface area contributed by atoms with Crippen molar-refractivity contribution >= 4 is 0 Å². The SMILES string of the molecule is C/C=C1\CN(C)C2(C1)C/C(=C\C)CN2C. The molecule has 2 fully saturated rings. The third kappa shape index (κ3) is 1.56. The van der Waals surface area contributed by atoms with Crippen LogP contribution in [0.3, 0.4) is 0 Å². The Morgan fingerprint density at radius 1 is 0.933 bits per heavy atom. The van der Waals surface area contributed by atoms with Crippen molar-refractivity contribution in [2.45, 2.75) is 32.4 Å². The van der Waals surface area contributed by atoms with Gasteiger partial charge in [0.25, 0.3) is 0 Å². The number of nitrogens with zero attached hydrogens (tertiary/aromatic N) is 2. The van der Waals surface area contributed by atoms with E-state index in [-0.39, 0.29) is 5.66 Å². The van der Waals surface area contributed by atoms with Gasteiger partial charge in [0.1, 0.15) is 0 Å². The van der Waals surface area contributed by atoms with E-state index < -0.39 is 0 Å². The van der Waals surface area contributed by atoms with Gasteiger partial charge in [-0.1, -0.05) is 23.3 Å². The van der Waals surface area contributed by atoms with E-state index in [2.05, 4.69) is 49.9 Å². The standard InChI is InChI=1S/C13H22N2/c1-5-11-7-13(14(3)9-11)8-12(6-2)10-15(13)4/h5-6H,7-10H2,1-4H3/b11-5-,12-6+. The van der Waals surface area contributed by atoms with Crippen LogP contribution < -0.4 is 0 Å². The zero-order valence-electron chi connectivity index (χ0n) is 10.4. The van der Waals surface area contributed by atoms with Crippen molar-refractivity contribution in [3.8, 4) is 0 Å². The smallest absolute Gasteiger partial charge is 0.0815 e. The summed E-state index contributed by atoms with van der Waals surface area (Å²) in [5, 5.41) is 0. The number of likely N-dealkylation sites (tertiary alicyclic amines) is 2. The van der Waals surface area contributed by atoms with Crippen LogP contribution in [-0.4, -0.2) is 42.6 Å². The third-order valence-electron chi connectivity index (χ3n) is 4.14. The molecule has 2 heterocycles. The maximum absolute atomic E-state index is 2.51. The summed E-state index contributed by atoms with van der Waals surface area (Å²) in [6.45, 7) is 6.59. The molecule has 0 N–H and O–H groups in total. The maximum atomic E-state index is 2.51. The number of hydrogen-bond donors (Lipinski definition) is 0. The molecule has 0 radical (unpaired) electrons. The molecule has 0 amide bonds. The van der Waals surface area contributed by atoms with E-state index in [0.717, 1.165) is 13.1 Å². The molecule has 2 aliphatic rings. The number of likely N-dealkylation sites (N-methyl/N-ethyl adjacent to an activating group) is 2. The normalized spacial score (nSPS) is 38.9. The monoisotopic (exact) mass is 206 g/mol. The minimum absolute atomic E-state index is 0.281. The molecule has 2 rings (SSSR count). The van der Waals surface area contributed by atoms with Crippen LogP contribution in [0.2, 0.25) is 0 Å². The lowest BCUT2D eigenvalue weighted by molar-refractivity contribution is 0.0392. The molecule has 2 aliphatic heterocycles. The molecule has 0 saturated carbocycles. The van der Waals surface area contributed by atoms with Crippen LogP contribution in [-0.2, 0) is 0 Å². The molecule has 2 nitrogen and oxygen atoms in total. The van der Waals surface area contributed by atoms with Crippen molar-refractivity contribution in [3.63, 3.8) is 0 Å². The Hall–Kier alpha value is -0.600. The van der Waals surface area contributed by atoms with Crippen molar-refractivity contribution in [2.24, 2.45) is 0 Å². The first-order valence-electron chi connectivity index (χ1n) is 5.83. The highest BCUT2D eigenvalue weighted by molar-refractivity contribution is 5.25. The second kappa shape index (κ2) is 3.76. The van der Waals surface area contributed by atoms with Gasteiger partial charge in [-0.3, -0.25) is 9.80 Å². The largest absolute Gasteiger partial charge is 0.284 e. The summed E-state index contributed by atoms with van der Waals surface area (Å²) in [6.07, 6.45) is 7.00. The summed E-state index contributed by atoms with van der Waals surface area (Å²) in [5.74, 6) is 0. The van der Waals surface area contributed by atoms with Gasteiger partial charge >= 0.3 is 0 Å². The maximum Gasteiger partial charge on any atom is 0.0815 e. The summed E-state index contributed by atoms with van der Waals surface area (Å²) in [6, 6.07) is 0. The van der Waals surface area contributed by atoms with Crippen LogP contribution in [0.25, 0.3) is 0 Å². The quantitative estimate of drug-likeness (QED) is 0.561. The van der Waals surface area contributed by atoms with Crippen LogP contribution in [0, 0.1) is 0 Å². The van der Waals surface area contributed by atoms with Crippen molar-refractivity contribution in [2.75, 3.05) is 27.2 Å². The van der Waals surface area contributed by atoms with E-state index in [0.29, 0.717) is 0 Å². The molecule has 1 spiro atoms. The molecule has 0 bridgehead atoms. The van der Waals surface area contributed by atoms with E-state index in [1.807, 2.05) is 0 Å². The predicted octanol–water partition coefficient (Wildman–Crippen LogP) is 2.25. The van der Waals surface area contributed by atoms with Gasteiger partial charge in [0.2, 0.25) is 0 Å². The Balaban J connectivity index is 2.28. The number of allylic oxidation sites excluding steroid dienone is 2. The lowest BCUT2D eigenvalue weighted by Crippen LogP contribution is -2.50. The minimum Gasteiger partial charge on any atom is -0.284 e. The molecule has 2 heteroatoms. The third-order valence-corrected chi connectivity index (χ3v) is 4.14. The zero-order chi connectivity index (χ0) is 11.1. The molecular formula is C13H22N2. The average Bonchev–Trinajstić information content (AvgIpc) is 2.71. The Morgan fingerprint density at radius 2 is 1.33 bits per heavy atom. The highest BCUT2D eigenvalue weighted by Crippen LogP contribution is 2.43. The van der Waals surface area contributed by atoms with Gasteiger partial charge in [-0.15, -0.1) is 0 Å². The Morgan fingerprint density at radius 3 is 1.60 bits per heavy atom. The van der Waals surface area contributed by atoms with Crippen molar-refractivity contribution in [3.05, 3.63) is 23.3 Å². The highest BCUT2D eigenvalue weighted by Gasteiger charge is 2.48. The lowest BCUT2D eigenvalue weighted by atomic mass is 10.00. The number of hydrogen-bond acceptors (Lipinski definition) is 2. The minimum atomic E-state index is 0.281. The summed E-state index contributed by atoms with van der Waals surface area (Å²) >= 11 is 0. The van der Waals surface area contributed by atoms with Gasteiger partial charge in [0.05, 0.1) is 5.66 Å². The van der Waals surface area contributed by atoms with Gasteiger partial charge in [-0.05, 0) is 27.9 Å². The van der Waals surface area contributed by atoms with Gasteiger partial charge in [0, 0.05) is 25.9 Å². The van der Waals surface area contributed by atoms with Gasteiger partial charge in [-0.25, -0.2) is 0 Å². The highest BCUT2D eigenvalue weighted by atomic mass is 15.4. The van der Waals surface area contributed by atoms with Crippen molar-refractivity contribution in [1.29, 1.82) is 0 Å². The topological polar surface area (TPSA) is 6.48 Å². The fraction of sp³-hybridized carbons (Fsp3) is 0.692. The van der Waals surface area contributed by atoms with Crippen LogP contribution in [0.15, 0.2) is 23.3 Å². The van der Waals surface area contributed by atoms with Gasteiger partial charge in [-0.2, -0.15) is 0 Å². The second-order valence-electron chi connectivity index (χ2n) is 4.94. The Bertz CT molecular complexity index is 282. The van der Waals surface area contributed by atoms with Crippen molar-refractivity contribution in [1.82, 2.24) is 9.80 Å². The zero-order valence-corrected chi connectivity index (χ0v) is 10.4. The Kier molecular flexibility index (Phi) is 2.73. The second-order valence-corrected chi connectivity index (χ2v) is 4.94. The summed E-state index contributed by atoms with van der Waals surface area (Å²) in [5.41, 5.74) is 3.45. The predicted molar refractivity (Wildman–Crippen MR) is 64.7 cm³/mol. The van der Waals surface area contributed by atoms with Crippen LogP contribution in [0.5, 0.6) is 0 Å². The first-order chi connectivity index (χ1) is 7.12. The molecule has 0 aromatic carbocycles. The van der Waals surface area contributed by atoms with Crippen LogP contribution in [0.4, 0.5) is 0 Å². The molecule has 2 saturated heterocycles. The molecule has 1 unspecified atom stereocenters. The van der Waals surface area contributed by atoms with Gasteiger partial charge in [0.15, 0.2) is 0 Å². The van der Waals surface area contributed by atoms with Gasteiger partial charge < -0.3 is 0 Å². The number of rotatable bonds is 0. The fourth-order valence-electron chi connectivity index (χ4n) is 3.02. The molecule has 0 aliphatic carbocycles. The Labute approximate surface area is 93.2 Å². The van der Waals surface area contributed by atoms with E-state index in [9.17, 15) is 0 Å². The van der Waals surface area contributed by atoms with E-state index in [4.69, 9.17) is 0 Å². The van der Waals surface area contributed by atoms with E-state index in [1.54, 1.807) is 11.1 Å².